The smallest absolute Gasteiger partial charge is 0.131 e. The molecule has 0 saturated carbocycles. The van der Waals surface area contributed by atoms with E-state index in [4.69, 9.17) is 10.2 Å². The highest BCUT2D eigenvalue weighted by molar-refractivity contribution is 9.10. The van der Waals surface area contributed by atoms with Gasteiger partial charge in [-0.3, -0.25) is 4.90 Å². The van der Waals surface area contributed by atoms with Crippen molar-refractivity contribution in [2.24, 2.45) is 5.73 Å². The number of furan rings is 1. The second kappa shape index (κ2) is 4.17. The lowest BCUT2D eigenvalue weighted by atomic mass is 9.98. The summed E-state index contributed by atoms with van der Waals surface area (Å²) in [6.45, 7) is 0.926. The molecule has 2 unspecified atom stereocenters. The summed E-state index contributed by atoms with van der Waals surface area (Å²) in [5.41, 5.74) is 6.06. The minimum absolute atomic E-state index is 0.411. The van der Waals surface area contributed by atoms with Gasteiger partial charge < -0.3 is 10.2 Å². The molecule has 0 radical (unpaired) electrons. The first kappa shape index (κ1) is 10.8. The van der Waals surface area contributed by atoms with Gasteiger partial charge in [-0.2, -0.15) is 0 Å². The normalized spacial score (nSPS) is 34.5. The van der Waals surface area contributed by atoms with Crippen LogP contribution in [0, 0.1) is 0 Å². The minimum atomic E-state index is 0.411. The highest BCUT2D eigenvalue weighted by atomic mass is 79.9. The second-order valence-electron chi connectivity index (χ2n) is 4.98. The molecular weight excluding hydrogens is 268 g/mol. The Morgan fingerprint density at radius 2 is 2.06 bits per heavy atom. The maximum atomic E-state index is 6.06. The number of nitrogens with zero attached hydrogens (tertiary/aromatic N) is 1. The molecule has 2 fully saturated rings. The summed E-state index contributed by atoms with van der Waals surface area (Å²) in [5, 5.41) is 0. The van der Waals surface area contributed by atoms with Gasteiger partial charge in [-0.15, -0.1) is 0 Å². The Kier molecular flexibility index (Phi) is 2.81. The molecule has 2 atom stereocenters. The van der Waals surface area contributed by atoms with Crippen LogP contribution in [-0.2, 0) is 6.54 Å². The molecular formula is C12H17BrN2O. The predicted molar refractivity (Wildman–Crippen MR) is 66.0 cm³/mol. The van der Waals surface area contributed by atoms with Crippen LogP contribution in [0.25, 0.3) is 0 Å². The molecule has 2 N–H and O–H groups in total. The standard InChI is InChI=1S/C12H17BrN2O/c13-11-3-4-16-12(11)7-15-9-1-2-10(15)6-8(14)5-9/h3-4,8-10H,1-2,5-7,14H2. The lowest BCUT2D eigenvalue weighted by Gasteiger charge is -2.37. The van der Waals surface area contributed by atoms with Crippen LogP contribution in [0.15, 0.2) is 21.2 Å². The van der Waals surface area contributed by atoms with Gasteiger partial charge in [0.05, 0.1) is 17.3 Å². The topological polar surface area (TPSA) is 42.4 Å². The molecule has 2 bridgehead atoms. The van der Waals surface area contributed by atoms with Crippen molar-refractivity contribution in [1.82, 2.24) is 4.90 Å². The SMILES string of the molecule is NC1CC2CCC(C1)N2Cc1occc1Br. The molecule has 1 aromatic rings. The number of rotatable bonds is 2. The zero-order chi connectivity index (χ0) is 11.1. The van der Waals surface area contributed by atoms with Gasteiger partial charge in [-0.25, -0.2) is 0 Å². The van der Waals surface area contributed by atoms with Crippen LogP contribution in [0.2, 0.25) is 0 Å². The van der Waals surface area contributed by atoms with Crippen molar-refractivity contribution >= 4 is 15.9 Å². The van der Waals surface area contributed by atoms with E-state index < -0.39 is 0 Å². The van der Waals surface area contributed by atoms with Crippen molar-refractivity contribution in [3.63, 3.8) is 0 Å². The minimum Gasteiger partial charge on any atom is -0.467 e. The lowest BCUT2D eigenvalue weighted by Crippen LogP contribution is -2.46. The van der Waals surface area contributed by atoms with Crippen molar-refractivity contribution in [3.8, 4) is 0 Å². The maximum absolute atomic E-state index is 6.06. The zero-order valence-electron chi connectivity index (χ0n) is 9.23. The van der Waals surface area contributed by atoms with Crippen molar-refractivity contribution in [2.75, 3.05) is 0 Å². The third kappa shape index (κ3) is 1.83. The predicted octanol–water partition coefficient (Wildman–Crippen LogP) is 2.50. The molecule has 1 aromatic heterocycles. The lowest BCUT2D eigenvalue weighted by molar-refractivity contribution is 0.110. The van der Waals surface area contributed by atoms with E-state index in [1.807, 2.05) is 6.07 Å². The first-order chi connectivity index (χ1) is 7.74. The summed E-state index contributed by atoms with van der Waals surface area (Å²) < 4.78 is 6.58. The molecule has 0 spiro atoms. The number of piperidine rings is 1. The van der Waals surface area contributed by atoms with E-state index in [-0.39, 0.29) is 0 Å². The Hall–Kier alpha value is -0.320. The van der Waals surface area contributed by atoms with Crippen LogP contribution >= 0.6 is 15.9 Å². The molecule has 3 heterocycles. The van der Waals surface area contributed by atoms with Gasteiger partial charge in [0.1, 0.15) is 5.76 Å². The highest BCUT2D eigenvalue weighted by Gasteiger charge is 2.39. The fourth-order valence-electron chi connectivity index (χ4n) is 3.18. The molecule has 88 valence electrons. The van der Waals surface area contributed by atoms with Gasteiger partial charge in [-0.05, 0) is 47.7 Å². The van der Waals surface area contributed by atoms with Crippen LogP contribution in [0.5, 0.6) is 0 Å². The van der Waals surface area contributed by atoms with E-state index >= 15 is 0 Å². The van der Waals surface area contributed by atoms with Crippen molar-refractivity contribution < 1.29 is 4.42 Å². The van der Waals surface area contributed by atoms with E-state index in [1.165, 1.54) is 12.8 Å². The monoisotopic (exact) mass is 284 g/mol. The summed E-state index contributed by atoms with van der Waals surface area (Å²) >= 11 is 3.52. The van der Waals surface area contributed by atoms with Crippen LogP contribution in [-0.4, -0.2) is 23.0 Å². The molecule has 16 heavy (non-hydrogen) atoms. The largest absolute Gasteiger partial charge is 0.467 e. The Balaban J connectivity index is 1.75. The molecule has 2 aliphatic rings. The molecule has 0 aliphatic carbocycles. The van der Waals surface area contributed by atoms with Gasteiger partial charge in [0.2, 0.25) is 0 Å². The fourth-order valence-corrected chi connectivity index (χ4v) is 3.50. The molecule has 0 amide bonds. The Labute approximate surface area is 104 Å². The molecule has 3 rings (SSSR count). The highest BCUT2D eigenvalue weighted by Crippen LogP contribution is 2.37. The number of nitrogens with two attached hydrogens (primary N) is 1. The molecule has 4 heteroatoms. The first-order valence-electron chi connectivity index (χ1n) is 5.97. The van der Waals surface area contributed by atoms with Gasteiger partial charge in [0.15, 0.2) is 0 Å². The van der Waals surface area contributed by atoms with E-state index in [2.05, 4.69) is 20.8 Å². The van der Waals surface area contributed by atoms with Crippen molar-refractivity contribution in [2.45, 2.75) is 50.4 Å². The summed E-state index contributed by atoms with van der Waals surface area (Å²) in [7, 11) is 0. The Morgan fingerprint density at radius 3 is 2.62 bits per heavy atom. The fraction of sp³-hybridized carbons (Fsp3) is 0.667. The average molecular weight is 285 g/mol. The molecule has 2 saturated heterocycles. The maximum Gasteiger partial charge on any atom is 0.131 e. The number of fused-ring (bicyclic) bond motifs is 2. The summed E-state index contributed by atoms with van der Waals surface area (Å²) in [4.78, 5) is 2.58. The van der Waals surface area contributed by atoms with Crippen LogP contribution in [0.4, 0.5) is 0 Å². The van der Waals surface area contributed by atoms with Crippen LogP contribution in [0.3, 0.4) is 0 Å². The summed E-state index contributed by atoms with van der Waals surface area (Å²) in [6, 6.07) is 3.72. The van der Waals surface area contributed by atoms with E-state index in [0.717, 1.165) is 29.6 Å². The van der Waals surface area contributed by atoms with E-state index in [0.29, 0.717) is 18.1 Å². The summed E-state index contributed by atoms with van der Waals surface area (Å²) in [6.07, 6.45) is 6.65. The number of halogens is 1. The zero-order valence-corrected chi connectivity index (χ0v) is 10.8. The Bertz CT molecular complexity index is 365. The Morgan fingerprint density at radius 1 is 1.38 bits per heavy atom. The number of hydrogen-bond acceptors (Lipinski definition) is 3. The van der Waals surface area contributed by atoms with Crippen molar-refractivity contribution in [3.05, 3.63) is 22.6 Å². The van der Waals surface area contributed by atoms with Gasteiger partial charge >= 0.3 is 0 Å². The van der Waals surface area contributed by atoms with Gasteiger partial charge in [0, 0.05) is 18.1 Å². The first-order valence-corrected chi connectivity index (χ1v) is 6.76. The third-order valence-corrected chi connectivity index (χ3v) is 4.64. The number of hydrogen-bond donors (Lipinski definition) is 1. The van der Waals surface area contributed by atoms with Crippen molar-refractivity contribution in [1.29, 1.82) is 0 Å². The van der Waals surface area contributed by atoms with E-state index in [9.17, 15) is 0 Å². The van der Waals surface area contributed by atoms with Gasteiger partial charge in [0.25, 0.3) is 0 Å². The molecule has 2 aliphatic heterocycles. The quantitative estimate of drug-likeness (QED) is 0.907. The molecule has 0 aromatic carbocycles. The van der Waals surface area contributed by atoms with Crippen LogP contribution in [0.1, 0.15) is 31.4 Å². The van der Waals surface area contributed by atoms with Gasteiger partial charge in [-0.1, -0.05) is 0 Å². The van der Waals surface area contributed by atoms with E-state index in [1.54, 1.807) is 6.26 Å². The second-order valence-corrected chi connectivity index (χ2v) is 5.83. The molecule has 3 nitrogen and oxygen atoms in total. The third-order valence-electron chi connectivity index (χ3n) is 3.94. The summed E-state index contributed by atoms with van der Waals surface area (Å²) in [5.74, 6) is 1.05. The average Bonchev–Trinajstić information content (AvgIpc) is 2.73. The van der Waals surface area contributed by atoms with Crippen LogP contribution < -0.4 is 5.73 Å².